The number of rotatable bonds is 5. The molecule has 1 aliphatic heterocycles. The molecule has 23 heavy (non-hydrogen) atoms. The number of anilines is 2. The molecule has 1 aromatic carbocycles. The summed E-state index contributed by atoms with van der Waals surface area (Å²) in [5.74, 6) is -0.154. The summed E-state index contributed by atoms with van der Waals surface area (Å²) in [7, 11) is 0. The molecular formula is C17H23N3O3. The number of ether oxygens (including phenoxy) is 1. The molecular weight excluding hydrogens is 294 g/mol. The second-order valence-electron chi connectivity index (χ2n) is 6.05. The number of urea groups is 1. The highest BCUT2D eigenvalue weighted by Crippen LogP contribution is 2.22. The fourth-order valence-electron chi connectivity index (χ4n) is 3.09. The van der Waals surface area contributed by atoms with E-state index in [4.69, 9.17) is 4.74 Å². The number of amides is 3. The van der Waals surface area contributed by atoms with Gasteiger partial charge in [-0.2, -0.15) is 0 Å². The Balaban J connectivity index is 1.52. The van der Waals surface area contributed by atoms with Crippen LogP contribution in [0.1, 0.15) is 32.1 Å². The van der Waals surface area contributed by atoms with Crippen molar-refractivity contribution in [2.24, 2.45) is 0 Å². The molecule has 0 atom stereocenters. The smallest absolute Gasteiger partial charge is 0.321 e. The maximum absolute atomic E-state index is 12.0. The topological polar surface area (TPSA) is 70.7 Å². The second kappa shape index (κ2) is 7.46. The molecule has 1 saturated carbocycles. The van der Waals surface area contributed by atoms with Crippen molar-refractivity contribution in [2.45, 2.75) is 38.2 Å². The van der Waals surface area contributed by atoms with Gasteiger partial charge >= 0.3 is 6.03 Å². The summed E-state index contributed by atoms with van der Waals surface area (Å²) in [6.45, 7) is 1.37. The molecule has 0 radical (unpaired) electrons. The molecule has 3 amide bonds. The van der Waals surface area contributed by atoms with Gasteiger partial charge in [-0.05, 0) is 31.0 Å². The number of benzene rings is 1. The minimum atomic E-state index is -0.154. The van der Waals surface area contributed by atoms with Crippen LogP contribution in [0.25, 0.3) is 0 Å². The van der Waals surface area contributed by atoms with Crippen molar-refractivity contribution in [3.63, 3.8) is 0 Å². The third-order valence-electron chi connectivity index (χ3n) is 4.30. The zero-order valence-corrected chi connectivity index (χ0v) is 13.2. The van der Waals surface area contributed by atoms with Crippen LogP contribution in [0.15, 0.2) is 24.3 Å². The zero-order valence-electron chi connectivity index (χ0n) is 13.2. The largest absolute Gasteiger partial charge is 0.368 e. The first-order chi connectivity index (χ1) is 11.2. The highest BCUT2D eigenvalue weighted by molar-refractivity contribution is 5.96. The second-order valence-corrected chi connectivity index (χ2v) is 6.05. The summed E-state index contributed by atoms with van der Waals surface area (Å²) in [6, 6.07) is 7.21. The molecule has 3 rings (SSSR count). The van der Waals surface area contributed by atoms with Gasteiger partial charge in [0.2, 0.25) is 5.91 Å². The summed E-state index contributed by atoms with van der Waals surface area (Å²) in [5, 5.41) is 5.60. The molecule has 6 heteroatoms. The molecule has 1 heterocycles. The lowest BCUT2D eigenvalue weighted by Crippen LogP contribution is -2.28. The van der Waals surface area contributed by atoms with E-state index >= 15 is 0 Å². The Morgan fingerprint density at radius 2 is 2.13 bits per heavy atom. The van der Waals surface area contributed by atoms with E-state index in [1.54, 1.807) is 4.90 Å². The van der Waals surface area contributed by atoms with Gasteiger partial charge in [0.25, 0.3) is 0 Å². The van der Waals surface area contributed by atoms with Gasteiger partial charge in [-0.1, -0.05) is 25.3 Å². The quantitative estimate of drug-likeness (QED) is 0.876. The minimum Gasteiger partial charge on any atom is -0.368 e. The molecule has 0 unspecified atom stereocenters. The van der Waals surface area contributed by atoms with Crippen LogP contribution in [0.2, 0.25) is 0 Å². The van der Waals surface area contributed by atoms with Gasteiger partial charge in [0.1, 0.15) is 6.61 Å². The van der Waals surface area contributed by atoms with Gasteiger partial charge < -0.3 is 15.4 Å². The summed E-state index contributed by atoms with van der Waals surface area (Å²) >= 11 is 0. The van der Waals surface area contributed by atoms with Gasteiger partial charge in [0.15, 0.2) is 0 Å². The number of hydrogen-bond donors (Lipinski definition) is 2. The van der Waals surface area contributed by atoms with E-state index in [1.165, 1.54) is 19.3 Å². The molecule has 2 N–H and O–H groups in total. The van der Waals surface area contributed by atoms with Gasteiger partial charge in [-0.25, -0.2) is 4.79 Å². The number of nitrogens with one attached hydrogen (secondary N) is 2. The van der Waals surface area contributed by atoms with Crippen LogP contribution in [0.3, 0.4) is 0 Å². The summed E-state index contributed by atoms with van der Waals surface area (Å²) in [4.78, 5) is 25.4. The van der Waals surface area contributed by atoms with E-state index in [-0.39, 0.29) is 24.6 Å². The highest BCUT2D eigenvalue weighted by Gasteiger charge is 2.21. The summed E-state index contributed by atoms with van der Waals surface area (Å²) in [6.07, 6.45) is 5.95. The highest BCUT2D eigenvalue weighted by atomic mass is 16.5. The number of carbonyl (C=O) groups is 2. The molecule has 2 aliphatic rings. The van der Waals surface area contributed by atoms with E-state index in [9.17, 15) is 9.59 Å². The number of nitrogens with zero attached hydrogens (tertiary/aromatic N) is 1. The fraction of sp³-hybridized carbons (Fsp3) is 0.529. The third-order valence-corrected chi connectivity index (χ3v) is 4.30. The molecule has 1 aromatic rings. The summed E-state index contributed by atoms with van der Waals surface area (Å²) < 4.78 is 5.68. The molecule has 6 nitrogen and oxygen atoms in total. The first-order valence-corrected chi connectivity index (χ1v) is 8.29. The van der Waals surface area contributed by atoms with Crippen LogP contribution >= 0.6 is 0 Å². The lowest BCUT2D eigenvalue weighted by atomic mass is 9.98. The predicted molar refractivity (Wildman–Crippen MR) is 88.6 cm³/mol. The normalized spacial score (nSPS) is 18.8. The molecule has 1 aliphatic carbocycles. The van der Waals surface area contributed by atoms with Gasteiger partial charge in [-0.3, -0.25) is 9.69 Å². The molecule has 0 bridgehead atoms. The average Bonchev–Trinajstić information content (AvgIpc) is 3.00. The van der Waals surface area contributed by atoms with Gasteiger partial charge in [0.05, 0.1) is 6.10 Å². The van der Waals surface area contributed by atoms with E-state index in [2.05, 4.69) is 10.6 Å². The lowest BCUT2D eigenvalue weighted by molar-refractivity contribution is -0.123. The van der Waals surface area contributed by atoms with Crippen molar-refractivity contribution in [1.82, 2.24) is 5.32 Å². The van der Waals surface area contributed by atoms with Crippen LogP contribution in [0.5, 0.6) is 0 Å². The van der Waals surface area contributed by atoms with Crippen molar-refractivity contribution >= 4 is 23.3 Å². The molecule has 1 saturated heterocycles. The minimum absolute atomic E-state index is 0.0824. The SMILES string of the molecule is O=C(COC1CCCCC1)Nc1cccc(N2CCNC2=O)c1. The molecule has 0 spiro atoms. The zero-order chi connectivity index (χ0) is 16.1. The fourth-order valence-corrected chi connectivity index (χ4v) is 3.09. The van der Waals surface area contributed by atoms with Crippen molar-refractivity contribution in [3.8, 4) is 0 Å². The Morgan fingerprint density at radius 1 is 1.30 bits per heavy atom. The summed E-state index contributed by atoms with van der Waals surface area (Å²) in [5.41, 5.74) is 1.46. The molecule has 124 valence electrons. The van der Waals surface area contributed by atoms with Crippen LogP contribution in [0, 0.1) is 0 Å². The van der Waals surface area contributed by atoms with Gasteiger partial charge in [-0.15, -0.1) is 0 Å². The molecule has 2 fully saturated rings. The predicted octanol–water partition coefficient (Wildman–Crippen LogP) is 2.50. The average molecular weight is 317 g/mol. The van der Waals surface area contributed by atoms with E-state index in [0.29, 0.717) is 18.8 Å². The van der Waals surface area contributed by atoms with Crippen molar-refractivity contribution in [1.29, 1.82) is 0 Å². The van der Waals surface area contributed by atoms with Crippen molar-refractivity contribution in [2.75, 3.05) is 29.9 Å². The first kappa shape index (κ1) is 15.8. The van der Waals surface area contributed by atoms with Crippen LogP contribution < -0.4 is 15.5 Å². The van der Waals surface area contributed by atoms with Crippen molar-refractivity contribution < 1.29 is 14.3 Å². The first-order valence-electron chi connectivity index (χ1n) is 8.29. The Morgan fingerprint density at radius 3 is 2.87 bits per heavy atom. The maximum atomic E-state index is 12.0. The van der Waals surface area contributed by atoms with Gasteiger partial charge in [0, 0.05) is 24.5 Å². The monoisotopic (exact) mass is 317 g/mol. The Bertz CT molecular complexity index is 570. The maximum Gasteiger partial charge on any atom is 0.321 e. The van der Waals surface area contributed by atoms with Crippen molar-refractivity contribution in [3.05, 3.63) is 24.3 Å². The standard InChI is InChI=1S/C17H23N3O3/c21-16(12-23-15-7-2-1-3-8-15)19-13-5-4-6-14(11-13)20-10-9-18-17(20)22/h4-6,11,15H,1-3,7-10,12H2,(H,18,22)(H,19,21). The van der Waals surface area contributed by atoms with Crippen LogP contribution in [0.4, 0.5) is 16.2 Å². The Labute approximate surface area is 136 Å². The van der Waals surface area contributed by atoms with E-state index in [1.807, 2.05) is 24.3 Å². The number of carbonyl (C=O) groups excluding carboxylic acids is 2. The van der Waals surface area contributed by atoms with E-state index in [0.717, 1.165) is 18.5 Å². The Hall–Kier alpha value is -2.08. The molecule has 0 aromatic heterocycles. The van der Waals surface area contributed by atoms with Crippen LogP contribution in [-0.4, -0.2) is 37.7 Å². The van der Waals surface area contributed by atoms with E-state index < -0.39 is 0 Å². The lowest BCUT2D eigenvalue weighted by Gasteiger charge is -2.21. The van der Waals surface area contributed by atoms with Crippen LogP contribution in [-0.2, 0) is 9.53 Å². The third kappa shape index (κ3) is 4.22. The number of hydrogen-bond acceptors (Lipinski definition) is 3. The Kier molecular flexibility index (Phi) is 5.12.